The van der Waals surface area contributed by atoms with Gasteiger partial charge < -0.3 is 38.5 Å². The lowest BCUT2D eigenvalue weighted by Crippen LogP contribution is -2.66. The third kappa shape index (κ3) is 13.5. The Morgan fingerprint density at radius 1 is 0.520 bits per heavy atom. The second-order valence-corrected chi connectivity index (χ2v) is 37.3. The quantitative estimate of drug-likeness (QED) is 0.158. The van der Waals surface area contributed by atoms with Gasteiger partial charge in [-0.1, -0.05) is 73.5 Å². The predicted molar refractivity (Wildman–Crippen MR) is 393 cm³/mol. The van der Waals surface area contributed by atoms with Crippen molar-refractivity contribution in [2.45, 2.75) is 149 Å². The van der Waals surface area contributed by atoms with Gasteiger partial charge in [0, 0.05) is 123 Å². The molecule has 4 spiro atoms. The molecule has 4 aliphatic carbocycles. The van der Waals surface area contributed by atoms with Crippen molar-refractivity contribution in [2.75, 3.05) is 129 Å². The Morgan fingerprint density at radius 3 is 1.36 bits per heavy atom. The van der Waals surface area contributed by atoms with Crippen LogP contribution in [0.2, 0.25) is 10.0 Å². The summed E-state index contributed by atoms with van der Waals surface area (Å²) in [6.07, 6.45) is 20.5. The van der Waals surface area contributed by atoms with Crippen LogP contribution in [-0.2, 0) is 53.2 Å². The monoisotopic (exact) mass is 1440 g/mol. The van der Waals surface area contributed by atoms with Gasteiger partial charge in [-0.2, -0.15) is 0 Å². The summed E-state index contributed by atoms with van der Waals surface area (Å²) in [5.41, 5.74) is 6.09. The number of likely N-dealkylation sites (N-methyl/N-ethyl adjacent to an activating group) is 2. The van der Waals surface area contributed by atoms with Crippen molar-refractivity contribution < 1.29 is 45.4 Å². The summed E-state index contributed by atoms with van der Waals surface area (Å²) < 4.78 is 86.5. The fourth-order valence-electron chi connectivity index (χ4n) is 19.4. The number of benzene rings is 4. The summed E-state index contributed by atoms with van der Waals surface area (Å²) in [5, 5.41) is -0.00967. The minimum atomic E-state index is -3.93. The fraction of sp³-hybridized carbons (Fsp3) is 0.615. The molecule has 4 bridgehead atoms. The maximum atomic E-state index is 13.6. The molecule has 14 atom stereocenters. The largest absolute Gasteiger partial charge is 0.490 e. The number of hydrogen-bond acceptors (Lipinski definition) is 16. The van der Waals surface area contributed by atoms with Crippen LogP contribution in [-0.4, -0.2) is 201 Å². The van der Waals surface area contributed by atoms with E-state index in [4.69, 9.17) is 42.1 Å². The number of anilines is 2. The number of allylic oxidation sites excluding steroid dienone is 2. The summed E-state index contributed by atoms with van der Waals surface area (Å²) in [4.78, 5) is 42.2. The van der Waals surface area contributed by atoms with E-state index in [1.54, 1.807) is 26.0 Å². The summed E-state index contributed by atoms with van der Waals surface area (Å²) in [7, 11) is -3.49. The molecule has 8 aliphatic heterocycles. The normalized spacial score (nSPS) is 36.6. The number of sulfonamides is 2. The molecule has 0 radical (unpaired) electrons. The van der Waals surface area contributed by atoms with E-state index in [9.17, 15) is 26.4 Å². The van der Waals surface area contributed by atoms with Crippen LogP contribution >= 0.6 is 23.2 Å². The number of nitrogens with zero attached hydrogens (tertiary/aromatic N) is 6. The number of carbonyl (C=O) groups excluding carboxylic acids is 2. The zero-order valence-corrected chi connectivity index (χ0v) is 62.3. The highest BCUT2D eigenvalue weighted by Crippen LogP contribution is 2.53. The third-order valence-corrected chi connectivity index (χ3v) is 30.4. The number of aryl methyl sites for hydroxylation is 2. The topological polar surface area (TPSA) is 183 Å². The third-order valence-electron chi connectivity index (χ3n) is 26.1. The van der Waals surface area contributed by atoms with Gasteiger partial charge in [-0.05, 0) is 223 Å². The Bertz CT molecular complexity index is 3830. The zero-order valence-electron chi connectivity index (χ0n) is 59.1. The molecular formula is C78H102Cl2N8O10S2. The van der Waals surface area contributed by atoms with Gasteiger partial charge in [-0.25, -0.2) is 26.3 Å². The lowest BCUT2D eigenvalue weighted by atomic mass is 9.63. The summed E-state index contributed by atoms with van der Waals surface area (Å²) >= 11 is 13.0. The number of carbonyl (C=O) groups is 2. The van der Waals surface area contributed by atoms with Crippen molar-refractivity contribution in [3.63, 3.8) is 0 Å². The molecule has 0 aromatic heterocycles. The summed E-state index contributed by atoms with van der Waals surface area (Å²) in [5.74, 6) is 1.23. The lowest BCUT2D eigenvalue weighted by molar-refractivity contribution is -0.173. The first-order chi connectivity index (χ1) is 47.9. The smallest absolute Gasteiger partial charge is 0.264 e. The van der Waals surface area contributed by atoms with Crippen molar-refractivity contribution in [3.05, 3.63) is 141 Å². The van der Waals surface area contributed by atoms with E-state index in [1.807, 2.05) is 50.2 Å². The highest BCUT2D eigenvalue weighted by molar-refractivity contribution is 7.91. The van der Waals surface area contributed by atoms with Crippen LogP contribution in [0.4, 0.5) is 11.4 Å². The first-order valence-corrected chi connectivity index (χ1v) is 41.0. The standard InChI is InChI=1S/2C39H51ClN4O5S/c2*1-26-6-4-15-39(24-43-17-16-42(3)21-32(43)22-49-39)34-11-8-30(34)20-44-23-38(14-5-7-28-18-31(40)10-12-33(28)38)25-48-36-13-9-29(19-35(36)44)37(45)41-50(46,47)27(26)2/h2*4,9-10,12-13,15,18-19,26-27,30,32,34H,5-8,11,14,16-17,20-25H2,1-3H3,(H,41,45)/b2*15-4+/t26-,27+,30-,32+,34+,38-,39-;26-,27+,30-,32-,34+,38-,39-/m00/s1. The molecule has 4 aromatic carbocycles. The van der Waals surface area contributed by atoms with E-state index >= 15 is 0 Å². The van der Waals surface area contributed by atoms with Gasteiger partial charge in [0.05, 0.1) is 48.3 Å². The molecule has 100 heavy (non-hydrogen) atoms. The molecule has 4 aromatic rings. The molecule has 12 aliphatic rings. The van der Waals surface area contributed by atoms with Crippen LogP contribution in [0.1, 0.15) is 135 Å². The number of hydrogen-bond donors (Lipinski definition) is 2. The van der Waals surface area contributed by atoms with Crippen molar-refractivity contribution in [2.24, 2.45) is 35.5 Å². The van der Waals surface area contributed by atoms with Gasteiger partial charge in [-0.15, -0.1) is 0 Å². The highest BCUT2D eigenvalue weighted by Gasteiger charge is 2.55. The number of nitrogens with one attached hydrogen (secondary N) is 2. The van der Waals surface area contributed by atoms with Gasteiger partial charge >= 0.3 is 0 Å². The molecule has 6 fully saturated rings. The number of morpholine rings is 2. The van der Waals surface area contributed by atoms with Crippen LogP contribution in [0.15, 0.2) is 97.1 Å². The Labute approximate surface area is 602 Å². The van der Waals surface area contributed by atoms with Crippen molar-refractivity contribution in [1.29, 1.82) is 0 Å². The Balaban J connectivity index is 0.000000162. The van der Waals surface area contributed by atoms with E-state index in [2.05, 4.69) is 102 Å². The van der Waals surface area contributed by atoms with Gasteiger partial charge in [0.2, 0.25) is 20.0 Å². The molecule has 2 N–H and O–H groups in total. The van der Waals surface area contributed by atoms with Crippen LogP contribution in [0.5, 0.6) is 11.5 Å². The number of amides is 2. The van der Waals surface area contributed by atoms with Gasteiger partial charge in [-0.3, -0.25) is 19.4 Å². The number of ether oxygens (including phenoxy) is 4. The van der Waals surface area contributed by atoms with Crippen LogP contribution < -0.4 is 28.7 Å². The second kappa shape index (κ2) is 27.7. The highest BCUT2D eigenvalue weighted by atomic mass is 35.5. The van der Waals surface area contributed by atoms with Gasteiger partial charge in [0.15, 0.2) is 0 Å². The molecule has 2 saturated carbocycles. The van der Waals surface area contributed by atoms with Crippen molar-refractivity contribution in [3.8, 4) is 11.5 Å². The van der Waals surface area contributed by atoms with E-state index in [0.29, 0.717) is 86.2 Å². The average molecular weight is 1450 g/mol. The van der Waals surface area contributed by atoms with E-state index in [1.165, 1.54) is 22.3 Å². The maximum Gasteiger partial charge on any atom is 0.264 e. The molecule has 16 rings (SSSR count). The zero-order chi connectivity index (χ0) is 69.7. The van der Waals surface area contributed by atoms with Gasteiger partial charge in [0.25, 0.3) is 11.8 Å². The average Bonchev–Trinajstić information content (AvgIpc) is 1.21. The van der Waals surface area contributed by atoms with E-state index < -0.39 is 53.6 Å². The molecule has 0 unspecified atom stereocenters. The molecular weight excluding hydrogens is 1340 g/mol. The molecule has 22 heteroatoms. The van der Waals surface area contributed by atoms with Crippen molar-refractivity contribution >= 4 is 66.4 Å². The Morgan fingerprint density at radius 2 is 0.950 bits per heavy atom. The van der Waals surface area contributed by atoms with Crippen molar-refractivity contribution in [1.82, 2.24) is 29.0 Å². The fourth-order valence-corrected chi connectivity index (χ4v) is 22.4. The predicted octanol–water partition coefficient (Wildman–Crippen LogP) is 10.5. The van der Waals surface area contributed by atoms with Gasteiger partial charge in [0.1, 0.15) is 22.7 Å². The molecule has 18 nitrogen and oxygen atoms in total. The SMILES string of the molecule is C[C@@H]1[C@@H](C)C/C=C/[C@]2(CN3CCN(C)C[C@@H]3CO2)[C@@H]2CC[C@H]2CN2C[C@@]3(CCCc4cc(Cl)ccc43)COc3ccc(cc32)C(=O)NS1(=O)=O.C[C@@H]1[C@@H](C)C/C=C/[C@]2(CN3CCN(C)C[C@H]3CO2)[C@@H]2CC[C@H]2CN2C[C@@]3(CCCc4cc(Cl)ccc43)COc3ccc(cc32)C(=O)NS1(=O)=O. The number of fused-ring (bicyclic) bond motifs is 12. The Hall–Kier alpha value is -5.26. The maximum absolute atomic E-state index is 13.6. The number of piperazine rings is 2. The first-order valence-electron chi connectivity index (χ1n) is 37.1. The van der Waals surface area contributed by atoms with Crippen LogP contribution in [0, 0.1) is 35.5 Å². The second-order valence-electron chi connectivity index (χ2n) is 32.4. The molecule has 2 amide bonds. The first kappa shape index (κ1) is 70.4. The van der Waals surface area contributed by atoms with Crippen LogP contribution in [0.3, 0.4) is 0 Å². The van der Waals surface area contributed by atoms with Crippen LogP contribution in [0.25, 0.3) is 0 Å². The summed E-state index contributed by atoms with van der Waals surface area (Å²) in [6, 6.07) is 24.1. The summed E-state index contributed by atoms with van der Waals surface area (Å²) in [6.45, 7) is 20.6. The number of halogens is 2. The molecule has 8 heterocycles. The Kier molecular flexibility index (Phi) is 19.5. The minimum absolute atomic E-state index is 0.195. The number of rotatable bonds is 0. The minimum Gasteiger partial charge on any atom is -0.490 e. The van der Waals surface area contributed by atoms with E-state index in [-0.39, 0.29) is 22.7 Å². The molecule has 540 valence electrons. The molecule has 4 saturated heterocycles. The lowest BCUT2D eigenvalue weighted by Gasteiger charge is -2.56. The van der Waals surface area contributed by atoms with E-state index in [0.717, 1.165) is 176 Å².